The molecule has 2 rings (SSSR count). The molecule has 2 fully saturated rings. The van der Waals surface area contributed by atoms with Gasteiger partial charge in [-0.3, -0.25) is 0 Å². The van der Waals surface area contributed by atoms with Crippen molar-refractivity contribution in [2.45, 2.75) is 76.7 Å². The second kappa shape index (κ2) is 7.33. The maximum atomic E-state index is 10.1. The summed E-state index contributed by atoms with van der Waals surface area (Å²) in [5, 5.41) is 10.1. The zero-order valence-corrected chi connectivity index (χ0v) is 11.8. The van der Waals surface area contributed by atoms with E-state index in [1.165, 1.54) is 51.4 Å². The lowest BCUT2D eigenvalue weighted by Crippen LogP contribution is -2.30. The zero-order valence-electron chi connectivity index (χ0n) is 11.8. The second-order valence-electron chi connectivity index (χ2n) is 6.61. The highest BCUT2D eigenvalue weighted by molar-refractivity contribution is 4.83. The molecule has 0 amide bonds. The molecular formula is C17H30O. The van der Waals surface area contributed by atoms with Gasteiger partial charge in [-0.25, -0.2) is 0 Å². The highest BCUT2D eigenvalue weighted by Gasteiger charge is 2.30. The topological polar surface area (TPSA) is 20.2 Å². The summed E-state index contributed by atoms with van der Waals surface area (Å²) in [5.74, 6) is 2.44. The molecule has 3 atom stereocenters. The lowest BCUT2D eigenvalue weighted by Gasteiger charge is -2.35. The monoisotopic (exact) mass is 250 g/mol. The Morgan fingerprint density at radius 2 is 1.78 bits per heavy atom. The standard InChI is InChI=1S/C17H30O/c1-2-3-9-16-13-15(10-11-17(16)18)12-14-7-5-4-6-8-14/h2,14-18H,1,3-13H2. The van der Waals surface area contributed by atoms with Gasteiger partial charge in [-0.15, -0.1) is 6.58 Å². The molecule has 0 aromatic heterocycles. The van der Waals surface area contributed by atoms with E-state index in [1.807, 2.05) is 6.08 Å². The van der Waals surface area contributed by atoms with Crippen LogP contribution in [0.4, 0.5) is 0 Å². The Labute approximate surface area is 113 Å². The predicted molar refractivity (Wildman–Crippen MR) is 77.5 cm³/mol. The Balaban J connectivity index is 1.76. The molecule has 0 saturated heterocycles. The quantitative estimate of drug-likeness (QED) is 0.701. The summed E-state index contributed by atoms with van der Waals surface area (Å²) in [6.45, 7) is 3.80. The molecule has 2 aliphatic rings. The Bertz CT molecular complexity index is 242. The number of aliphatic hydroxyl groups is 1. The second-order valence-corrected chi connectivity index (χ2v) is 6.61. The lowest BCUT2D eigenvalue weighted by atomic mass is 9.72. The largest absolute Gasteiger partial charge is 0.393 e. The first kappa shape index (κ1) is 14.1. The van der Waals surface area contributed by atoms with Crippen LogP contribution in [0.2, 0.25) is 0 Å². The molecule has 18 heavy (non-hydrogen) atoms. The van der Waals surface area contributed by atoms with Gasteiger partial charge in [0.25, 0.3) is 0 Å². The van der Waals surface area contributed by atoms with Crippen molar-refractivity contribution in [2.24, 2.45) is 17.8 Å². The van der Waals surface area contributed by atoms with E-state index in [0.29, 0.717) is 5.92 Å². The first-order chi connectivity index (χ1) is 8.79. The van der Waals surface area contributed by atoms with Crippen molar-refractivity contribution in [2.75, 3.05) is 0 Å². The van der Waals surface area contributed by atoms with Gasteiger partial charge in [0.2, 0.25) is 0 Å². The van der Waals surface area contributed by atoms with Crippen LogP contribution in [0.3, 0.4) is 0 Å². The summed E-state index contributed by atoms with van der Waals surface area (Å²) >= 11 is 0. The Morgan fingerprint density at radius 3 is 2.50 bits per heavy atom. The number of allylic oxidation sites excluding steroid dienone is 1. The first-order valence-electron chi connectivity index (χ1n) is 8.08. The molecule has 1 nitrogen and oxygen atoms in total. The first-order valence-corrected chi connectivity index (χ1v) is 8.08. The van der Waals surface area contributed by atoms with Crippen molar-refractivity contribution in [1.29, 1.82) is 0 Å². The summed E-state index contributed by atoms with van der Waals surface area (Å²) in [7, 11) is 0. The molecule has 1 N–H and O–H groups in total. The third-order valence-corrected chi connectivity index (χ3v) is 5.18. The van der Waals surface area contributed by atoms with Crippen molar-refractivity contribution in [3.8, 4) is 0 Å². The van der Waals surface area contributed by atoms with Gasteiger partial charge in [-0.1, -0.05) is 38.2 Å². The van der Waals surface area contributed by atoms with Crippen LogP contribution in [-0.2, 0) is 0 Å². The van der Waals surface area contributed by atoms with E-state index < -0.39 is 0 Å². The van der Waals surface area contributed by atoms with Crippen molar-refractivity contribution in [3.05, 3.63) is 12.7 Å². The molecule has 2 aliphatic carbocycles. The molecule has 0 aromatic carbocycles. The molecular weight excluding hydrogens is 220 g/mol. The van der Waals surface area contributed by atoms with Gasteiger partial charge >= 0.3 is 0 Å². The van der Waals surface area contributed by atoms with Crippen LogP contribution in [0, 0.1) is 17.8 Å². The summed E-state index contributed by atoms with van der Waals surface area (Å²) in [4.78, 5) is 0. The smallest absolute Gasteiger partial charge is 0.0568 e. The molecule has 0 radical (unpaired) electrons. The molecule has 0 aromatic rings. The average molecular weight is 250 g/mol. The van der Waals surface area contributed by atoms with Crippen LogP contribution >= 0.6 is 0 Å². The number of hydrogen-bond acceptors (Lipinski definition) is 1. The van der Waals surface area contributed by atoms with Gasteiger partial charge in [-0.2, -0.15) is 0 Å². The van der Waals surface area contributed by atoms with E-state index in [0.717, 1.165) is 31.1 Å². The number of hydrogen-bond donors (Lipinski definition) is 1. The SMILES string of the molecule is C=CCCC1CC(CC2CCCCC2)CCC1O. The van der Waals surface area contributed by atoms with Gasteiger partial charge in [-0.05, 0) is 56.3 Å². The third kappa shape index (κ3) is 4.12. The van der Waals surface area contributed by atoms with Gasteiger partial charge < -0.3 is 5.11 Å². The minimum atomic E-state index is -0.0347. The zero-order chi connectivity index (χ0) is 12.8. The Hall–Kier alpha value is -0.300. The molecule has 0 bridgehead atoms. The summed E-state index contributed by atoms with van der Waals surface area (Å²) < 4.78 is 0. The van der Waals surface area contributed by atoms with E-state index in [2.05, 4.69) is 6.58 Å². The molecule has 1 heteroatoms. The normalized spacial score (nSPS) is 34.4. The van der Waals surface area contributed by atoms with Crippen molar-refractivity contribution < 1.29 is 5.11 Å². The van der Waals surface area contributed by atoms with Crippen LogP contribution in [0.15, 0.2) is 12.7 Å². The van der Waals surface area contributed by atoms with Crippen LogP contribution in [0.1, 0.15) is 70.6 Å². The Kier molecular flexibility index (Phi) is 5.75. The fourth-order valence-corrected chi connectivity index (χ4v) is 4.10. The molecule has 0 aliphatic heterocycles. The minimum absolute atomic E-state index is 0.0347. The minimum Gasteiger partial charge on any atom is -0.393 e. The van der Waals surface area contributed by atoms with Gasteiger partial charge in [0, 0.05) is 0 Å². The van der Waals surface area contributed by atoms with E-state index in [9.17, 15) is 5.11 Å². The van der Waals surface area contributed by atoms with Crippen LogP contribution in [0.25, 0.3) is 0 Å². The third-order valence-electron chi connectivity index (χ3n) is 5.18. The number of aliphatic hydroxyl groups excluding tert-OH is 1. The maximum absolute atomic E-state index is 10.1. The fraction of sp³-hybridized carbons (Fsp3) is 0.882. The maximum Gasteiger partial charge on any atom is 0.0568 e. The van der Waals surface area contributed by atoms with Gasteiger partial charge in [0.15, 0.2) is 0 Å². The predicted octanol–water partition coefficient (Wildman–Crippen LogP) is 4.70. The molecule has 3 unspecified atom stereocenters. The number of rotatable bonds is 5. The summed E-state index contributed by atoms with van der Waals surface area (Å²) in [6, 6.07) is 0. The summed E-state index contributed by atoms with van der Waals surface area (Å²) in [5.41, 5.74) is 0. The van der Waals surface area contributed by atoms with E-state index in [-0.39, 0.29) is 6.10 Å². The molecule has 0 spiro atoms. The lowest BCUT2D eigenvalue weighted by molar-refractivity contribution is 0.0373. The van der Waals surface area contributed by atoms with Crippen molar-refractivity contribution in [3.63, 3.8) is 0 Å². The molecule has 2 saturated carbocycles. The van der Waals surface area contributed by atoms with Crippen LogP contribution in [0.5, 0.6) is 0 Å². The van der Waals surface area contributed by atoms with Crippen LogP contribution < -0.4 is 0 Å². The van der Waals surface area contributed by atoms with Crippen molar-refractivity contribution in [1.82, 2.24) is 0 Å². The highest BCUT2D eigenvalue weighted by Crippen LogP contribution is 2.38. The van der Waals surface area contributed by atoms with Crippen molar-refractivity contribution >= 4 is 0 Å². The summed E-state index contributed by atoms with van der Waals surface area (Å²) in [6.07, 6.45) is 16.5. The average Bonchev–Trinajstić information content (AvgIpc) is 2.40. The van der Waals surface area contributed by atoms with E-state index >= 15 is 0 Å². The van der Waals surface area contributed by atoms with E-state index in [1.54, 1.807) is 0 Å². The van der Waals surface area contributed by atoms with E-state index in [4.69, 9.17) is 0 Å². The van der Waals surface area contributed by atoms with Gasteiger partial charge in [0.05, 0.1) is 6.10 Å². The fourth-order valence-electron chi connectivity index (χ4n) is 4.10. The molecule has 0 heterocycles. The van der Waals surface area contributed by atoms with Gasteiger partial charge in [0.1, 0.15) is 0 Å². The highest BCUT2D eigenvalue weighted by atomic mass is 16.3. The Morgan fingerprint density at radius 1 is 1.00 bits per heavy atom. The van der Waals surface area contributed by atoms with Crippen LogP contribution in [-0.4, -0.2) is 11.2 Å². The molecule has 104 valence electrons.